The van der Waals surface area contributed by atoms with Crippen molar-refractivity contribution in [3.8, 4) is 0 Å². The largest absolute Gasteiger partial charge is 0.368 e. The van der Waals surface area contributed by atoms with Gasteiger partial charge in [-0.1, -0.05) is 13.8 Å². The Kier molecular flexibility index (Phi) is 4.61. The van der Waals surface area contributed by atoms with Crippen molar-refractivity contribution in [1.29, 1.82) is 0 Å². The zero-order valence-electron chi connectivity index (χ0n) is 12.0. The van der Waals surface area contributed by atoms with Gasteiger partial charge in [0.15, 0.2) is 0 Å². The van der Waals surface area contributed by atoms with Gasteiger partial charge in [-0.2, -0.15) is 0 Å². The lowest BCUT2D eigenvalue weighted by Crippen LogP contribution is -2.45. The van der Waals surface area contributed by atoms with Crippen molar-refractivity contribution in [3.05, 3.63) is 24.3 Å². The molecule has 108 valence electrons. The van der Waals surface area contributed by atoms with Gasteiger partial charge in [0.25, 0.3) is 0 Å². The Morgan fingerprint density at radius 3 is 2.25 bits per heavy atom. The van der Waals surface area contributed by atoms with Gasteiger partial charge >= 0.3 is 0 Å². The maximum absolute atomic E-state index is 11.6. The summed E-state index contributed by atoms with van der Waals surface area (Å²) in [5.41, 5.74) is 1.94. The summed E-state index contributed by atoms with van der Waals surface area (Å²) in [7, 11) is 0. The van der Waals surface area contributed by atoms with Gasteiger partial charge in [-0.3, -0.25) is 9.59 Å². The molecule has 0 aromatic heterocycles. The van der Waals surface area contributed by atoms with Gasteiger partial charge in [-0.25, -0.2) is 0 Å². The molecule has 1 heterocycles. The standard InChI is InChI=1S/C15H21N3O2/c1-12(2)15(20)16-13-3-5-14(6-4-13)18-9-7-17(11-19)8-10-18/h3-6,11-12H,7-10H2,1-2H3,(H,16,20). The average molecular weight is 275 g/mol. The van der Waals surface area contributed by atoms with Gasteiger partial charge in [0.05, 0.1) is 0 Å². The van der Waals surface area contributed by atoms with Gasteiger partial charge in [-0.05, 0) is 24.3 Å². The van der Waals surface area contributed by atoms with Crippen molar-refractivity contribution in [2.45, 2.75) is 13.8 Å². The first-order chi connectivity index (χ1) is 9.60. The number of amides is 2. The quantitative estimate of drug-likeness (QED) is 0.848. The number of rotatable bonds is 4. The summed E-state index contributed by atoms with van der Waals surface area (Å²) in [6, 6.07) is 7.85. The molecule has 5 nitrogen and oxygen atoms in total. The summed E-state index contributed by atoms with van der Waals surface area (Å²) >= 11 is 0. The van der Waals surface area contributed by atoms with E-state index in [4.69, 9.17) is 0 Å². The lowest BCUT2D eigenvalue weighted by Gasteiger charge is -2.34. The third-order valence-electron chi connectivity index (χ3n) is 3.49. The van der Waals surface area contributed by atoms with Crippen molar-refractivity contribution in [2.24, 2.45) is 5.92 Å². The van der Waals surface area contributed by atoms with E-state index in [2.05, 4.69) is 10.2 Å². The number of carbonyl (C=O) groups excluding carboxylic acids is 2. The Balaban J connectivity index is 1.95. The second-order valence-electron chi connectivity index (χ2n) is 5.32. The Morgan fingerprint density at radius 2 is 1.75 bits per heavy atom. The SMILES string of the molecule is CC(C)C(=O)Nc1ccc(N2CCN(C=O)CC2)cc1. The zero-order valence-corrected chi connectivity index (χ0v) is 12.0. The van der Waals surface area contributed by atoms with E-state index in [9.17, 15) is 9.59 Å². The highest BCUT2D eigenvalue weighted by molar-refractivity contribution is 5.92. The molecule has 1 aliphatic rings. The highest BCUT2D eigenvalue weighted by atomic mass is 16.2. The highest BCUT2D eigenvalue weighted by Crippen LogP contribution is 2.19. The van der Waals surface area contributed by atoms with E-state index in [1.807, 2.05) is 38.1 Å². The molecule has 0 unspecified atom stereocenters. The normalized spacial score (nSPS) is 15.3. The van der Waals surface area contributed by atoms with Gasteiger partial charge in [0, 0.05) is 43.5 Å². The molecule has 1 saturated heterocycles. The summed E-state index contributed by atoms with van der Waals surface area (Å²) in [6.07, 6.45) is 0.905. The average Bonchev–Trinajstić information content (AvgIpc) is 2.48. The number of hydrogen-bond acceptors (Lipinski definition) is 3. The Labute approximate surface area is 119 Å². The Morgan fingerprint density at radius 1 is 1.15 bits per heavy atom. The first kappa shape index (κ1) is 14.4. The fourth-order valence-electron chi connectivity index (χ4n) is 2.13. The minimum atomic E-state index is -0.0221. The molecule has 1 N–H and O–H groups in total. The number of nitrogens with zero attached hydrogens (tertiary/aromatic N) is 2. The lowest BCUT2D eigenvalue weighted by molar-refractivity contribution is -0.119. The number of piperazine rings is 1. The van der Waals surface area contributed by atoms with Crippen LogP contribution in [0, 0.1) is 5.92 Å². The van der Waals surface area contributed by atoms with Crippen molar-refractivity contribution in [3.63, 3.8) is 0 Å². The van der Waals surface area contributed by atoms with Crippen LogP contribution in [0.15, 0.2) is 24.3 Å². The third kappa shape index (κ3) is 3.50. The second-order valence-corrected chi connectivity index (χ2v) is 5.32. The van der Waals surface area contributed by atoms with E-state index in [1.165, 1.54) is 0 Å². The van der Waals surface area contributed by atoms with Crippen LogP contribution in [-0.4, -0.2) is 43.4 Å². The predicted molar refractivity (Wildman–Crippen MR) is 79.8 cm³/mol. The molecule has 0 saturated carbocycles. The van der Waals surface area contributed by atoms with Crippen LogP contribution < -0.4 is 10.2 Å². The molecule has 2 rings (SSSR count). The number of nitrogens with one attached hydrogen (secondary N) is 1. The van der Waals surface area contributed by atoms with Crippen molar-refractivity contribution in [1.82, 2.24) is 4.90 Å². The fraction of sp³-hybridized carbons (Fsp3) is 0.467. The van der Waals surface area contributed by atoms with E-state index in [-0.39, 0.29) is 11.8 Å². The Hall–Kier alpha value is -2.04. The van der Waals surface area contributed by atoms with Gasteiger partial charge in [-0.15, -0.1) is 0 Å². The fourth-order valence-corrected chi connectivity index (χ4v) is 2.13. The zero-order chi connectivity index (χ0) is 14.5. The van der Waals surface area contributed by atoms with Crippen LogP contribution in [-0.2, 0) is 9.59 Å². The molecule has 1 aromatic carbocycles. The maximum Gasteiger partial charge on any atom is 0.226 e. The van der Waals surface area contributed by atoms with E-state index in [1.54, 1.807) is 4.90 Å². The van der Waals surface area contributed by atoms with Crippen LogP contribution in [0.3, 0.4) is 0 Å². The Bertz CT molecular complexity index is 463. The summed E-state index contributed by atoms with van der Waals surface area (Å²) in [4.78, 5) is 26.3. The van der Waals surface area contributed by atoms with Crippen LogP contribution in [0.2, 0.25) is 0 Å². The molecule has 20 heavy (non-hydrogen) atoms. The molecule has 1 aromatic rings. The number of carbonyl (C=O) groups is 2. The van der Waals surface area contributed by atoms with Gasteiger partial charge in [0.1, 0.15) is 0 Å². The number of benzene rings is 1. The summed E-state index contributed by atoms with van der Waals surface area (Å²) in [5, 5.41) is 2.88. The topological polar surface area (TPSA) is 52.7 Å². The molecular formula is C15H21N3O2. The monoisotopic (exact) mass is 275 g/mol. The minimum Gasteiger partial charge on any atom is -0.368 e. The van der Waals surface area contributed by atoms with Gasteiger partial charge in [0.2, 0.25) is 12.3 Å². The highest BCUT2D eigenvalue weighted by Gasteiger charge is 2.15. The molecule has 0 radical (unpaired) electrons. The van der Waals surface area contributed by atoms with Gasteiger partial charge < -0.3 is 15.1 Å². The van der Waals surface area contributed by atoms with E-state index in [0.29, 0.717) is 0 Å². The number of hydrogen-bond donors (Lipinski definition) is 1. The van der Waals surface area contributed by atoms with Crippen molar-refractivity contribution in [2.75, 3.05) is 36.4 Å². The van der Waals surface area contributed by atoms with Crippen LogP contribution in [0.25, 0.3) is 0 Å². The maximum atomic E-state index is 11.6. The minimum absolute atomic E-state index is 0.0221. The van der Waals surface area contributed by atoms with Crippen LogP contribution in [0.4, 0.5) is 11.4 Å². The van der Waals surface area contributed by atoms with E-state index in [0.717, 1.165) is 44.0 Å². The van der Waals surface area contributed by atoms with Crippen molar-refractivity contribution >= 4 is 23.7 Å². The summed E-state index contributed by atoms with van der Waals surface area (Å²) < 4.78 is 0. The third-order valence-corrected chi connectivity index (χ3v) is 3.49. The summed E-state index contributed by atoms with van der Waals surface area (Å²) in [5.74, 6) is 0.00319. The van der Waals surface area contributed by atoms with Crippen molar-refractivity contribution < 1.29 is 9.59 Å². The molecule has 0 bridgehead atoms. The van der Waals surface area contributed by atoms with Crippen LogP contribution in [0.1, 0.15) is 13.8 Å². The first-order valence-electron chi connectivity index (χ1n) is 6.95. The van der Waals surface area contributed by atoms with Crippen LogP contribution >= 0.6 is 0 Å². The first-order valence-corrected chi connectivity index (χ1v) is 6.95. The molecule has 1 aliphatic heterocycles. The molecule has 5 heteroatoms. The molecule has 0 atom stereocenters. The van der Waals surface area contributed by atoms with E-state index >= 15 is 0 Å². The second kappa shape index (κ2) is 6.41. The van der Waals surface area contributed by atoms with E-state index < -0.39 is 0 Å². The molecule has 2 amide bonds. The summed E-state index contributed by atoms with van der Waals surface area (Å²) in [6.45, 7) is 6.95. The molecular weight excluding hydrogens is 254 g/mol. The molecule has 0 aliphatic carbocycles. The number of anilines is 2. The smallest absolute Gasteiger partial charge is 0.226 e. The lowest BCUT2D eigenvalue weighted by atomic mass is 10.2. The molecule has 1 fully saturated rings. The van der Waals surface area contributed by atoms with Crippen LogP contribution in [0.5, 0.6) is 0 Å². The predicted octanol–water partition coefficient (Wildman–Crippen LogP) is 1.56. The molecule has 0 spiro atoms.